The molecule has 13 heavy (non-hydrogen) atoms. The lowest BCUT2D eigenvalue weighted by atomic mass is 10.0. The summed E-state index contributed by atoms with van der Waals surface area (Å²) < 4.78 is 4.98. The maximum Gasteiger partial charge on any atom is 0.316 e. The van der Waals surface area contributed by atoms with Crippen LogP contribution in [-0.2, 0) is 9.53 Å². The quantitative estimate of drug-likeness (QED) is 0.393. The smallest absolute Gasteiger partial charge is 0.316 e. The van der Waals surface area contributed by atoms with E-state index in [0.717, 1.165) is 12.8 Å². The van der Waals surface area contributed by atoms with Crippen molar-refractivity contribution in [3.63, 3.8) is 0 Å². The molecule has 74 valence electrons. The molecule has 0 aliphatic rings. The van der Waals surface area contributed by atoms with Crippen LogP contribution in [0.2, 0.25) is 0 Å². The Hall–Kier alpha value is -0.570. The largest absolute Gasteiger partial charge is 0.465 e. The number of carbonyl (C=O) groups excluding carboxylic acids is 1. The summed E-state index contributed by atoms with van der Waals surface area (Å²) in [7, 11) is 0. The highest BCUT2D eigenvalue weighted by Crippen LogP contribution is 2.10. The van der Waals surface area contributed by atoms with Gasteiger partial charge in [0.1, 0.15) is 5.33 Å². The standard InChI is InChI=1S/C10H15BrO2/c1-3-5-9(6-4-2)8-13-10(12)7-11/h3-4,9H,1-2,5-8H2. The van der Waals surface area contributed by atoms with Crippen molar-refractivity contribution in [2.24, 2.45) is 5.92 Å². The van der Waals surface area contributed by atoms with E-state index in [2.05, 4.69) is 29.1 Å². The molecule has 0 aromatic carbocycles. The zero-order valence-corrected chi connectivity index (χ0v) is 9.26. The van der Waals surface area contributed by atoms with Gasteiger partial charge in [-0.2, -0.15) is 0 Å². The number of hydrogen-bond donors (Lipinski definition) is 0. The number of alkyl halides is 1. The molecule has 0 aliphatic heterocycles. The molecule has 3 heteroatoms. The Morgan fingerprint density at radius 2 is 1.92 bits per heavy atom. The summed E-state index contributed by atoms with van der Waals surface area (Å²) in [5.74, 6) is 0.0936. The van der Waals surface area contributed by atoms with Crippen LogP contribution in [0.25, 0.3) is 0 Å². The van der Waals surface area contributed by atoms with Crippen LogP contribution < -0.4 is 0 Å². The van der Waals surface area contributed by atoms with Crippen LogP contribution in [0.15, 0.2) is 25.3 Å². The van der Waals surface area contributed by atoms with E-state index in [1.807, 2.05) is 12.2 Å². The van der Waals surface area contributed by atoms with Crippen LogP contribution in [0.4, 0.5) is 0 Å². The molecular weight excluding hydrogens is 232 g/mol. The van der Waals surface area contributed by atoms with Crippen molar-refractivity contribution >= 4 is 21.9 Å². The first-order chi connectivity index (χ1) is 6.24. The zero-order valence-electron chi connectivity index (χ0n) is 7.67. The van der Waals surface area contributed by atoms with Crippen LogP contribution in [0.3, 0.4) is 0 Å². The van der Waals surface area contributed by atoms with Crippen LogP contribution in [0.5, 0.6) is 0 Å². The second-order valence-electron chi connectivity index (χ2n) is 2.73. The number of rotatable bonds is 7. The van der Waals surface area contributed by atoms with Crippen molar-refractivity contribution in [3.05, 3.63) is 25.3 Å². The monoisotopic (exact) mass is 246 g/mol. The molecule has 0 saturated carbocycles. The molecule has 0 rings (SSSR count). The van der Waals surface area contributed by atoms with Crippen LogP contribution >= 0.6 is 15.9 Å². The number of hydrogen-bond acceptors (Lipinski definition) is 2. The summed E-state index contributed by atoms with van der Waals surface area (Å²) >= 11 is 3.03. The first kappa shape index (κ1) is 12.4. The molecule has 0 aromatic heterocycles. The van der Waals surface area contributed by atoms with E-state index in [0.29, 0.717) is 12.5 Å². The highest BCUT2D eigenvalue weighted by atomic mass is 79.9. The van der Waals surface area contributed by atoms with Gasteiger partial charge in [0.2, 0.25) is 0 Å². The van der Waals surface area contributed by atoms with Gasteiger partial charge in [-0.25, -0.2) is 0 Å². The highest BCUT2D eigenvalue weighted by Gasteiger charge is 2.07. The summed E-state index contributed by atoms with van der Waals surface area (Å²) in [5, 5.41) is 0.252. The predicted octanol–water partition coefficient (Wildman–Crippen LogP) is 2.69. The Balaban J connectivity index is 3.73. The number of halogens is 1. The van der Waals surface area contributed by atoms with Crippen LogP contribution in [0.1, 0.15) is 12.8 Å². The van der Waals surface area contributed by atoms with Crippen LogP contribution in [-0.4, -0.2) is 17.9 Å². The fraction of sp³-hybridized carbons (Fsp3) is 0.500. The maximum atomic E-state index is 10.8. The lowest BCUT2D eigenvalue weighted by Gasteiger charge is -2.12. The zero-order chi connectivity index (χ0) is 10.1. The molecule has 2 nitrogen and oxygen atoms in total. The fourth-order valence-electron chi connectivity index (χ4n) is 0.953. The fourth-order valence-corrected chi connectivity index (χ4v) is 1.11. The molecule has 0 fully saturated rings. The lowest BCUT2D eigenvalue weighted by Crippen LogP contribution is -2.13. The SMILES string of the molecule is C=CCC(CC=C)COC(=O)CBr. The maximum absolute atomic E-state index is 10.8. The third kappa shape index (κ3) is 6.58. The molecule has 0 spiro atoms. The Kier molecular flexibility index (Phi) is 7.69. The van der Waals surface area contributed by atoms with Crippen LogP contribution in [0, 0.1) is 5.92 Å². The molecule has 0 atom stereocenters. The molecule has 0 aliphatic carbocycles. The Labute approximate surface area is 87.8 Å². The molecule has 0 aromatic rings. The second kappa shape index (κ2) is 8.05. The predicted molar refractivity (Wildman–Crippen MR) is 57.9 cm³/mol. The van der Waals surface area contributed by atoms with E-state index < -0.39 is 0 Å². The van der Waals surface area contributed by atoms with Gasteiger partial charge in [-0.1, -0.05) is 28.1 Å². The second-order valence-corrected chi connectivity index (χ2v) is 3.29. The minimum atomic E-state index is -0.224. The minimum Gasteiger partial charge on any atom is -0.465 e. The van der Waals surface area contributed by atoms with Crippen molar-refractivity contribution < 1.29 is 9.53 Å². The number of ether oxygens (including phenoxy) is 1. The topological polar surface area (TPSA) is 26.3 Å². The van der Waals surface area contributed by atoms with E-state index in [1.165, 1.54) is 0 Å². The normalized spacial score (nSPS) is 9.69. The summed E-state index contributed by atoms with van der Waals surface area (Å²) in [6.07, 6.45) is 5.36. The van der Waals surface area contributed by atoms with Crippen molar-refractivity contribution in [1.29, 1.82) is 0 Å². The van der Waals surface area contributed by atoms with E-state index >= 15 is 0 Å². The van der Waals surface area contributed by atoms with Gasteiger partial charge in [-0.05, 0) is 18.8 Å². The molecular formula is C10H15BrO2. The Bertz CT molecular complexity index is 168. The van der Waals surface area contributed by atoms with Gasteiger partial charge in [-0.3, -0.25) is 4.79 Å². The van der Waals surface area contributed by atoms with Gasteiger partial charge >= 0.3 is 5.97 Å². The van der Waals surface area contributed by atoms with Gasteiger partial charge in [0, 0.05) is 0 Å². The number of esters is 1. The lowest BCUT2D eigenvalue weighted by molar-refractivity contribution is -0.141. The van der Waals surface area contributed by atoms with Crippen molar-refractivity contribution in [2.45, 2.75) is 12.8 Å². The first-order valence-corrected chi connectivity index (χ1v) is 5.30. The van der Waals surface area contributed by atoms with E-state index in [-0.39, 0.29) is 11.3 Å². The minimum absolute atomic E-state index is 0.224. The molecule has 0 heterocycles. The summed E-state index contributed by atoms with van der Waals surface area (Å²) in [4.78, 5) is 10.8. The van der Waals surface area contributed by atoms with Gasteiger partial charge in [0.05, 0.1) is 6.61 Å². The highest BCUT2D eigenvalue weighted by molar-refractivity contribution is 9.09. The molecule has 0 bridgehead atoms. The third-order valence-corrected chi connectivity index (χ3v) is 2.05. The van der Waals surface area contributed by atoms with Crippen molar-refractivity contribution in [3.8, 4) is 0 Å². The summed E-state index contributed by atoms with van der Waals surface area (Å²) in [5.41, 5.74) is 0. The van der Waals surface area contributed by atoms with Gasteiger partial charge in [0.25, 0.3) is 0 Å². The Morgan fingerprint density at radius 3 is 2.31 bits per heavy atom. The third-order valence-electron chi connectivity index (χ3n) is 1.59. The number of carbonyl (C=O) groups is 1. The number of allylic oxidation sites excluding steroid dienone is 2. The first-order valence-electron chi connectivity index (χ1n) is 4.18. The molecule has 0 saturated heterocycles. The molecule has 0 N–H and O–H groups in total. The molecule has 0 radical (unpaired) electrons. The van der Waals surface area contributed by atoms with E-state index in [9.17, 15) is 4.79 Å². The molecule has 0 amide bonds. The van der Waals surface area contributed by atoms with E-state index in [4.69, 9.17) is 4.74 Å². The van der Waals surface area contributed by atoms with Gasteiger partial charge < -0.3 is 4.74 Å². The molecule has 0 unspecified atom stereocenters. The van der Waals surface area contributed by atoms with Gasteiger partial charge in [-0.15, -0.1) is 13.2 Å². The van der Waals surface area contributed by atoms with Gasteiger partial charge in [0.15, 0.2) is 0 Å². The van der Waals surface area contributed by atoms with Crippen molar-refractivity contribution in [2.75, 3.05) is 11.9 Å². The summed E-state index contributed by atoms with van der Waals surface area (Å²) in [6, 6.07) is 0. The average molecular weight is 247 g/mol. The Morgan fingerprint density at radius 1 is 1.38 bits per heavy atom. The summed E-state index contributed by atoms with van der Waals surface area (Å²) in [6.45, 7) is 7.74. The average Bonchev–Trinajstić information content (AvgIpc) is 2.14. The van der Waals surface area contributed by atoms with Crippen molar-refractivity contribution in [1.82, 2.24) is 0 Å². The van der Waals surface area contributed by atoms with E-state index in [1.54, 1.807) is 0 Å².